The molecule has 1 N–H and O–H groups in total. The van der Waals surface area contributed by atoms with Crippen LogP contribution in [0.15, 0.2) is 11.3 Å². The molecule has 2 rings (SSSR count). The van der Waals surface area contributed by atoms with E-state index in [1.807, 2.05) is 6.92 Å². The highest BCUT2D eigenvalue weighted by atomic mass is 16.2. The van der Waals surface area contributed by atoms with Crippen LogP contribution in [0, 0.1) is 5.92 Å². The molecule has 13 heavy (non-hydrogen) atoms. The predicted molar refractivity (Wildman–Crippen MR) is 47.8 cm³/mol. The first-order valence-electron chi connectivity index (χ1n) is 4.70. The van der Waals surface area contributed by atoms with Gasteiger partial charge in [-0.15, -0.1) is 0 Å². The first-order valence-corrected chi connectivity index (χ1v) is 4.70. The molecule has 3 heteroatoms. The largest absolute Gasteiger partial charge is 0.330 e. The second-order valence-electron chi connectivity index (χ2n) is 3.89. The molecule has 1 amide bonds. The smallest absolute Gasteiger partial charge is 0.227 e. The Morgan fingerprint density at radius 1 is 1.31 bits per heavy atom. The Balaban J connectivity index is 2.23. The maximum Gasteiger partial charge on any atom is 0.227 e. The highest BCUT2D eigenvalue weighted by Crippen LogP contribution is 2.29. The molecule has 70 valence electrons. The Morgan fingerprint density at radius 3 is 2.85 bits per heavy atom. The van der Waals surface area contributed by atoms with Gasteiger partial charge in [0, 0.05) is 24.5 Å². The molecule has 0 unspecified atom stereocenters. The second-order valence-corrected chi connectivity index (χ2v) is 3.89. The number of carbonyl (C=O) groups is 2. The van der Waals surface area contributed by atoms with Crippen molar-refractivity contribution in [2.45, 2.75) is 32.6 Å². The summed E-state index contributed by atoms with van der Waals surface area (Å²) in [5.74, 6) is 0.444. The van der Waals surface area contributed by atoms with E-state index < -0.39 is 0 Å². The van der Waals surface area contributed by atoms with Crippen molar-refractivity contribution < 1.29 is 9.59 Å². The molecule has 0 radical (unpaired) electrons. The van der Waals surface area contributed by atoms with Crippen molar-refractivity contribution in [3.05, 3.63) is 11.3 Å². The van der Waals surface area contributed by atoms with Crippen LogP contribution in [-0.2, 0) is 9.59 Å². The normalized spacial score (nSPS) is 28.5. The topological polar surface area (TPSA) is 46.2 Å². The Bertz CT molecular complexity index is 304. The van der Waals surface area contributed by atoms with E-state index in [0.29, 0.717) is 18.6 Å². The zero-order chi connectivity index (χ0) is 9.42. The monoisotopic (exact) mass is 179 g/mol. The Hall–Kier alpha value is -1.12. The minimum Gasteiger partial charge on any atom is -0.330 e. The van der Waals surface area contributed by atoms with E-state index in [9.17, 15) is 9.59 Å². The molecule has 1 aliphatic heterocycles. The average Bonchev–Trinajstić information content (AvgIpc) is 2.08. The number of hydrogen-bond donors (Lipinski definition) is 1. The van der Waals surface area contributed by atoms with Crippen molar-refractivity contribution in [3.8, 4) is 0 Å². The number of allylic oxidation sites excluding steroid dienone is 2. The molecule has 3 nitrogen and oxygen atoms in total. The number of hydrogen-bond acceptors (Lipinski definition) is 2. The van der Waals surface area contributed by atoms with Gasteiger partial charge in [-0.25, -0.2) is 0 Å². The van der Waals surface area contributed by atoms with Gasteiger partial charge in [-0.05, 0) is 18.4 Å². The van der Waals surface area contributed by atoms with Gasteiger partial charge in [0.1, 0.15) is 5.78 Å². The molecule has 1 heterocycles. The summed E-state index contributed by atoms with van der Waals surface area (Å²) in [6, 6.07) is 0. The van der Waals surface area contributed by atoms with Crippen molar-refractivity contribution in [3.63, 3.8) is 0 Å². The van der Waals surface area contributed by atoms with Crippen LogP contribution in [0.3, 0.4) is 0 Å². The fraction of sp³-hybridized carbons (Fsp3) is 0.600. The van der Waals surface area contributed by atoms with Crippen molar-refractivity contribution in [1.29, 1.82) is 0 Å². The number of carbonyl (C=O) groups excluding carboxylic acids is 2. The fourth-order valence-electron chi connectivity index (χ4n) is 1.95. The maximum atomic E-state index is 11.3. The molecule has 1 atom stereocenters. The van der Waals surface area contributed by atoms with E-state index in [1.54, 1.807) is 0 Å². The molecule has 0 aromatic carbocycles. The predicted octanol–water partition coefficient (Wildman–Crippen LogP) is 1.15. The third-order valence-corrected chi connectivity index (χ3v) is 2.77. The van der Waals surface area contributed by atoms with Gasteiger partial charge in [-0.3, -0.25) is 9.59 Å². The number of nitrogens with one attached hydrogen (secondary N) is 1. The molecule has 0 bridgehead atoms. The van der Waals surface area contributed by atoms with E-state index >= 15 is 0 Å². The summed E-state index contributed by atoms with van der Waals surface area (Å²) in [6.45, 7) is 1.90. The number of amides is 1. The lowest BCUT2D eigenvalue weighted by Crippen LogP contribution is -2.36. The lowest BCUT2D eigenvalue weighted by Gasteiger charge is -2.27. The third kappa shape index (κ3) is 1.50. The van der Waals surface area contributed by atoms with E-state index in [1.165, 1.54) is 0 Å². The lowest BCUT2D eigenvalue weighted by atomic mass is 9.85. The Kier molecular flexibility index (Phi) is 1.94. The van der Waals surface area contributed by atoms with Crippen molar-refractivity contribution >= 4 is 11.7 Å². The van der Waals surface area contributed by atoms with Gasteiger partial charge in [0.05, 0.1) is 0 Å². The lowest BCUT2D eigenvalue weighted by molar-refractivity contribution is -0.125. The highest BCUT2D eigenvalue weighted by molar-refractivity contribution is 5.87. The Morgan fingerprint density at radius 2 is 2.08 bits per heavy atom. The van der Waals surface area contributed by atoms with Crippen molar-refractivity contribution in [2.24, 2.45) is 5.92 Å². The zero-order valence-electron chi connectivity index (χ0n) is 7.72. The number of Topliss-reactive ketones (excluding diaryl/α,β-unsaturated/α-hetero) is 1. The standard InChI is InChI=1S/C10H13NO2/c1-6-4-7-5-8(12)2-3-9(7)11-10(6)13/h6H,2-5H2,1H3,(H,11,13)/t6-/m0/s1. The molecular weight excluding hydrogens is 166 g/mol. The van der Waals surface area contributed by atoms with Gasteiger partial charge >= 0.3 is 0 Å². The zero-order valence-corrected chi connectivity index (χ0v) is 7.72. The van der Waals surface area contributed by atoms with Crippen LogP contribution in [0.1, 0.15) is 32.6 Å². The first-order chi connectivity index (χ1) is 6.16. The van der Waals surface area contributed by atoms with Gasteiger partial charge < -0.3 is 5.32 Å². The number of ketones is 1. The second kappa shape index (κ2) is 2.98. The first kappa shape index (κ1) is 8.48. The van der Waals surface area contributed by atoms with Crippen molar-refractivity contribution in [2.75, 3.05) is 0 Å². The quantitative estimate of drug-likeness (QED) is 0.606. The van der Waals surface area contributed by atoms with Crippen LogP contribution in [0.5, 0.6) is 0 Å². The summed E-state index contributed by atoms with van der Waals surface area (Å²) in [5.41, 5.74) is 2.17. The molecule has 0 fully saturated rings. The molecule has 0 saturated carbocycles. The summed E-state index contributed by atoms with van der Waals surface area (Å²) >= 11 is 0. The third-order valence-electron chi connectivity index (χ3n) is 2.77. The maximum absolute atomic E-state index is 11.3. The van der Waals surface area contributed by atoms with Crippen LogP contribution < -0.4 is 5.32 Å². The average molecular weight is 179 g/mol. The van der Waals surface area contributed by atoms with Gasteiger partial charge in [0.2, 0.25) is 5.91 Å². The van der Waals surface area contributed by atoms with E-state index in [-0.39, 0.29) is 11.8 Å². The highest BCUT2D eigenvalue weighted by Gasteiger charge is 2.28. The summed E-state index contributed by atoms with van der Waals surface area (Å²) in [6.07, 6.45) is 2.65. The van der Waals surface area contributed by atoms with Crippen LogP contribution in [0.25, 0.3) is 0 Å². The summed E-state index contributed by atoms with van der Waals surface area (Å²) in [4.78, 5) is 22.5. The van der Waals surface area contributed by atoms with Crippen LogP contribution >= 0.6 is 0 Å². The summed E-state index contributed by atoms with van der Waals surface area (Å²) in [7, 11) is 0. The number of rotatable bonds is 0. The van der Waals surface area contributed by atoms with Crippen molar-refractivity contribution in [1.82, 2.24) is 5.32 Å². The van der Waals surface area contributed by atoms with Gasteiger partial charge in [-0.2, -0.15) is 0 Å². The van der Waals surface area contributed by atoms with Gasteiger partial charge in [0.25, 0.3) is 0 Å². The fourth-order valence-corrected chi connectivity index (χ4v) is 1.95. The molecule has 2 aliphatic rings. The van der Waals surface area contributed by atoms with Crippen LogP contribution in [0.2, 0.25) is 0 Å². The van der Waals surface area contributed by atoms with Gasteiger partial charge in [-0.1, -0.05) is 6.92 Å². The summed E-state index contributed by atoms with van der Waals surface area (Å²) < 4.78 is 0. The minimum absolute atomic E-state index is 0.0321. The molecule has 1 aliphatic carbocycles. The Labute approximate surface area is 77.2 Å². The van der Waals surface area contributed by atoms with Gasteiger partial charge in [0.15, 0.2) is 0 Å². The molecule has 0 aromatic heterocycles. The SMILES string of the molecule is C[C@H]1CC2=C(CCC(=O)C2)NC1=O. The molecular formula is C10H13NO2. The van der Waals surface area contributed by atoms with E-state index in [0.717, 1.165) is 24.1 Å². The molecule has 0 aromatic rings. The van der Waals surface area contributed by atoms with E-state index in [2.05, 4.69) is 5.32 Å². The van der Waals surface area contributed by atoms with E-state index in [4.69, 9.17) is 0 Å². The molecule has 0 spiro atoms. The van der Waals surface area contributed by atoms with Crippen LogP contribution in [0.4, 0.5) is 0 Å². The summed E-state index contributed by atoms with van der Waals surface area (Å²) in [5, 5.41) is 2.88. The van der Waals surface area contributed by atoms with Crippen LogP contribution in [-0.4, -0.2) is 11.7 Å². The minimum atomic E-state index is 0.0321. The molecule has 0 saturated heterocycles.